The molecule has 2 atom stereocenters. The van der Waals surface area contributed by atoms with E-state index in [1.807, 2.05) is 0 Å². The molecule has 1 aliphatic rings. The summed E-state index contributed by atoms with van der Waals surface area (Å²) in [6.45, 7) is 6.56. The summed E-state index contributed by atoms with van der Waals surface area (Å²) in [6.07, 6.45) is 9.66. The van der Waals surface area contributed by atoms with E-state index in [-0.39, 0.29) is 0 Å². The fourth-order valence-electron chi connectivity index (χ4n) is 2.45. The highest BCUT2D eigenvalue weighted by molar-refractivity contribution is 4.69. The molecule has 1 aliphatic heterocycles. The molecule has 1 fully saturated rings. The minimum Gasteiger partial charge on any atom is -0.378 e. The van der Waals surface area contributed by atoms with Crippen molar-refractivity contribution in [2.45, 2.75) is 70.9 Å². The number of hydrogen-bond acceptors (Lipinski definition) is 2. The van der Waals surface area contributed by atoms with E-state index in [1.165, 1.54) is 44.9 Å². The van der Waals surface area contributed by atoms with Crippen LogP contribution in [0.3, 0.4) is 0 Å². The minimum atomic E-state index is 0.578. The van der Waals surface area contributed by atoms with Crippen LogP contribution in [0, 0.1) is 0 Å². The third-order valence-electron chi connectivity index (χ3n) is 3.23. The topological polar surface area (TPSA) is 21.3 Å². The molecule has 0 aromatic carbocycles. The Bertz CT molecular complexity index is 137. The van der Waals surface area contributed by atoms with Crippen LogP contribution in [0.4, 0.5) is 0 Å². The van der Waals surface area contributed by atoms with Crippen molar-refractivity contribution in [3.63, 3.8) is 0 Å². The highest BCUT2D eigenvalue weighted by atomic mass is 16.5. The van der Waals surface area contributed by atoms with Gasteiger partial charge in [0, 0.05) is 12.6 Å². The van der Waals surface area contributed by atoms with Crippen LogP contribution in [0.5, 0.6) is 0 Å². The van der Waals surface area contributed by atoms with Crippen LogP contribution in [0.1, 0.15) is 58.8 Å². The lowest BCUT2D eigenvalue weighted by atomic mass is 10.0. The second kappa shape index (κ2) is 8.12. The predicted molar refractivity (Wildman–Crippen MR) is 65.2 cm³/mol. The van der Waals surface area contributed by atoms with Crippen molar-refractivity contribution >= 4 is 0 Å². The molecule has 2 unspecified atom stereocenters. The van der Waals surface area contributed by atoms with Gasteiger partial charge < -0.3 is 10.1 Å². The molecule has 0 radical (unpaired) electrons. The SMILES string of the molecule is CCCC(CCCC1CCCO1)NCC. The molecule has 2 nitrogen and oxygen atoms in total. The van der Waals surface area contributed by atoms with Crippen LogP contribution in [-0.2, 0) is 4.74 Å². The second-order valence-corrected chi connectivity index (χ2v) is 4.61. The largest absolute Gasteiger partial charge is 0.378 e. The lowest BCUT2D eigenvalue weighted by molar-refractivity contribution is 0.101. The maximum atomic E-state index is 5.63. The molecule has 1 rings (SSSR count). The van der Waals surface area contributed by atoms with Gasteiger partial charge in [-0.1, -0.05) is 20.3 Å². The molecular formula is C13H27NO. The van der Waals surface area contributed by atoms with Crippen LogP contribution in [0.2, 0.25) is 0 Å². The van der Waals surface area contributed by atoms with Gasteiger partial charge in [0.15, 0.2) is 0 Å². The first-order valence-corrected chi connectivity index (χ1v) is 6.71. The molecule has 0 amide bonds. The summed E-state index contributed by atoms with van der Waals surface area (Å²) in [7, 11) is 0. The van der Waals surface area contributed by atoms with Crippen molar-refractivity contribution in [2.75, 3.05) is 13.2 Å². The van der Waals surface area contributed by atoms with Crippen LogP contribution in [-0.4, -0.2) is 25.3 Å². The Morgan fingerprint density at radius 3 is 2.80 bits per heavy atom. The molecule has 0 aromatic rings. The Balaban J connectivity index is 2.04. The number of hydrogen-bond donors (Lipinski definition) is 1. The standard InChI is InChI=1S/C13H27NO/c1-3-7-12(14-4-2)8-5-9-13-10-6-11-15-13/h12-14H,3-11H2,1-2H3. The first-order valence-electron chi connectivity index (χ1n) is 6.71. The summed E-state index contributed by atoms with van der Waals surface area (Å²) in [5.41, 5.74) is 0. The molecule has 0 bridgehead atoms. The molecule has 15 heavy (non-hydrogen) atoms. The fraction of sp³-hybridized carbons (Fsp3) is 1.00. The first-order chi connectivity index (χ1) is 7.36. The zero-order valence-electron chi connectivity index (χ0n) is 10.4. The van der Waals surface area contributed by atoms with E-state index in [1.54, 1.807) is 0 Å². The Labute approximate surface area is 94.8 Å². The van der Waals surface area contributed by atoms with Gasteiger partial charge >= 0.3 is 0 Å². The maximum absolute atomic E-state index is 5.63. The lowest BCUT2D eigenvalue weighted by Crippen LogP contribution is -2.28. The van der Waals surface area contributed by atoms with Crippen molar-refractivity contribution in [1.82, 2.24) is 5.32 Å². The Kier molecular flexibility index (Phi) is 7.03. The zero-order valence-corrected chi connectivity index (χ0v) is 10.4. The van der Waals surface area contributed by atoms with Gasteiger partial charge in [0.05, 0.1) is 6.10 Å². The van der Waals surface area contributed by atoms with E-state index in [2.05, 4.69) is 19.2 Å². The molecule has 1 heterocycles. The Hall–Kier alpha value is -0.0800. The smallest absolute Gasteiger partial charge is 0.0576 e. The zero-order chi connectivity index (χ0) is 10.9. The molecule has 0 aliphatic carbocycles. The monoisotopic (exact) mass is 213 g/mol. The van der Waals surface area contributed by atoms with Crippen molar-refractivity contribution < 1.29 is 4.74 Å². The van der Waals surface area contributed by atoms with E-state index in [4.69, 9.17) is 4.74 Å². The Morgan fingerprint density at radius 1 is 1.33 bits per heavy atom. The van der Waals surface area contributed by atoms with Gasteiger partial charge in [-0.25, -0.2) is 0 Å². The third-order valence-corrected chi connectivity index (χ3v) is 3.23. The fourth-order valence-corrected chi connectivity index (χ4v) is 2.45. The van der Waals surface area contributed by atoms with Crippen LogP contribution in [0.25, 0.3) is 0 Å². The van der Waals surface area contributed by atoms with Gasteiger partial charge in [0.1, 0.15) is 0 Å². The number of nitrogens with one attached hydrogen (secondary N) is 1. The van der Waals surface area contributed by atoms with Gasteiger partial charge in [-0.05, 0) is 45.1 Å². The van der Waals surface area contributed by atoms with Gasteiger partial charge in [0.2, 0.25) is 0 Å². The normalized spacial score (nSPS) is 23.2. The van der Waals surface area contributed by atoms with E-state index < -0.39 is 0 Å². The minimum absolute atomic E-state index is 0.578. The molecule has 90 valence electrons. The summed E-state index contributed by atoms with van der Waals surface area (Å²) in [6, 6.07) is 0.737. The number of rotatable bonds is 8. The van der Waals surface area contributed by atoms with E-state index in [0.29, 0.717) is 6.10 Å². The van der Waals surface area contributed by atoms with Crippen molar-refractivity contribution in [3.05, 3.63) is 0 Å². The molecular weight excluding hydrogens is 186 g/mol. The van der Waals surface area contributed by atoms with Crippen molar-refractivity contribution in [1.29, 1.82) is 0 Å². The lowest BCUT2D eigenvalue weighted by Gasteiger charge is -2.17. The summed E-state index contributed by atoms with van der Waals surface area (Å²) in [5.74, 6) is 0. The van der Waals surface area contributed by atoms with E-state index in [9.17, 15) is 0 Å². The summed E-state index contributed by atoms with van der Waals surface area (Å²) in [4.78, 5) is 0. The van der Waals surface area contributed by atoms with E-state index in [0.717, 1.165) is 19.2 Å². The van der Waals surface area contributed by atoms with Crippen LogP contribution < -0.4 is 5.32 Å². The summed E-state index contributed by atoms with van der Waals surface area (Å²) in [5, 5.41) is 3.57. The highest BCUT2D eigenvalue weighted by Crippen LogP contribution is 2.18. The molecule has 2 heteroatoms. The molecule has 1 N–H and O–H groups in total. The molecule has 0 saturated carbocycles. The van der Waals surface area contributed by atoms with Crippen LogP contribution in [0.15, 0.2) is 0 Å². The predicted octanol–water partition coefficient (Wildman–Crippen LogP) is 3.11. The Morgan fingerprint density at radius 2 is 2.20 bits per heavy atom. The average Bonchev–Trinajstić information content (AvgIpc) is 2.71. The summed E-state index contributed by atoms with van der Waals surface area (Å²) >= 11 is 0. The maximum Gasteiger partial charge on any atom is 0.0576 e. The van der Waals surface area contributed by atoms with Crippen molar-refractivity contribution in [3.8, 4) is 0 Å². The van der Waals surface area contributed by atoms with E-state index >= 15 is 0 Å². The van der Waals surface area contributed by atoms with Gasteiger partial charge in [-0.3, -0.25) is 0 Å². The molecule has 0 spiro atoms. The molecule has 1 saturated heterocycles. The van der Waals surface area contributed by atoms with Crippen molar-refractivity contribution in [2.24, 2.45) is 0 Å². The van der Waals surface area contributed by atoms with Gasteiger partial charge in [-0.2, -0.15) is 0 Å². The van der Waals surface area contributed by atoms with Gasteiger partial charge in [0.25, 0.3) is 0 Å². The average molecular weight is 213 g/mol. The number of ether oxygens (including phenoxy) is 1. The third kappa shape index (κ3) is 5.53. The highest BCUT2D eigenvalue weighted by Gasteiger charge is 2.15. The van der Waals surface area contributed by atoms with Gasteiger partial charge in [-0.15, -0.1) is 0 Å². The van der Waals surface area contributed by atoms with Crippen LogP contribution >= 0.6 is 0 Å². The quantitative estimate of drug-likeness (QED) is 0.669. The summed E-state index contributed by atoms with van der Waals surface area (Å²) < 4.78 is 5.63. The first kappa shape index (κ1) is 13.0. The molecule has 0 aromatic heterocycles. The second-order valence-electron chi connectivity index (χ2n) is 4.61.